The molecule has 7 heteroatoms. The molecule has 0 bridgehead atoms. The predicted octanol–water partition coefficient (Wildman–Crippen LogP) is 5.79. The molecule has 6 nitrogen and oxygen atoms in total. The fourth-order valence-electron chi connectivity index (χ4n) is 3.37. The first kappa shape index (κ1) is 19.1. The maximum Gasteiger partial charge on any atom is 0.293 e. The lowest BCUT2D eigenvalue weighted by atomic mass is 9.96. The number of nitrogens with zero attached hydrogens (tertiary/aromatic N) is 3. The number of pyridine rings is 1. The standard InChI is InChI=1S/C22H16IN3O3/c23-25(18-10-4-5-11-19(18)26(28)29)21(16-7-2-1-3-8-16)17-13-12-15-9-6-14-24-20(15)22(17)27/h1-14,21,27H. The number of phenols is 1. The van der Waals surface area contributed by atoms with Gasteiger partial charge in [-0.2, -0.15) is 0 Å². The average molecular weight is 497 g/mol. The summed E-state index contributed by atoms with van der Waals surface area (Å²) in [5.41, 5.74) is 2.47. The summed E-state index contributed by atoms with van der Waals surface area (Å²) in [5, 5.41) is 23.4. The second kappa shape index (κ2) is 8.04. The van der Waals surface area contributed by atoms with Crippen LogP contribution in [0.2, 0.25) is 0 Å². The topological polar surface area (TPSA) is 79.5 Å². The Labute approximate surface area is 181 Å². The van der Waals surface area contributed by atoms with E-state index in [-0.39, 0.29) is 11.4 Å². The quantitative estimate of drug-likeness (QED) is 0.163. The molecule has 29 heavy (non-hydrogen) atoms. The number of nitro groups is 1. The van der Waals surface area contributed by atoms with Gasteiger partial charge in [0.15, 0.2) is 0 Å². The lowest BCUT2D eigenvalue weighted by molar-refractivity contribution is -0.384. The summed E-state index contributed by atoms with van der Waals surface area (Å²) in [4.78, 5) is 15.5. The Kier molecular flexibility index (Phi) is 5.30. The summed E-state index contributed by atoms with van der Waals surface area (Å²) in [6.07, 6.45) is 1.63. The van der Waals surface area contributed by atoms with Crippen molar-refractivity contribution in [3.8, 4) is 5.75 Å². The van der Waals surface area contributed by atoms with E-state index in [0.29, 0.717) is 16.8 Å². The van der Waals surface area contributed by atoms with Crippen molar-refractivity contribution in [2.45, 2.75) is 6.04 Å². The van der Waals surface area contributed by atoms with Crippen molar-refractivity contribution in [2.24, 2.45) is 0 Å². The van der Waals surface area contributed by atoms with Crippen molar-refractivity contribution in [2.75, 3.05) is 3.11 Å². The number of hydrogen-bond acceptors (Lipinski definition) is 5. The third-order valence-corrected chi connectivity index (χ3v) is 5.80. The molecule has 0 amide bonds. The smallest absolute Gasteiger partial charge is 0.293 e. The molecule has 1 aromatic heterocycles. The lowest BCUT2D eigenvalue weighted by Crippen LogP contribution is -2.20. The molecule has 0 saturated heterocycles. The van der Waals surface area contributed by atoms with E-state index in [1.807, 2.05) is 54.6 Å². The first-order valence-electron chi connectivity index (χ1n) is 8.88. The van der Waals surface area contributed by atoms with Gasteiger partial charge >= 0.3 is 0 Å². The fraction of sp³-hybridized carbons (Fsp3) is 0.0455. The Morgan fingerprint density at radius 2 is 1.69 bits per heavy atom. The number of halogens is 1. The minimum atomic E-state index is -0.454. The van der Waals surface area contributed by atoms with Gasteiger partial charge in [-0.25, -0.2) is 0 Å². The first-order valence-corrected chi connectivity index (χ1v) is 9.84. The summed E-state index contributed by atoms with van der Waals surface area (Å²) in [6.45, 7) is 0. The van der Waals surface area contributed by atoms with Gasteiger partial charge in [-0.15, -0.1) is 0 Å². The van der Waals surface area contributed by atoms with Crippen LogP contribution in [0.5, 0.6) is 5.75 Å². The van der Waals surface area contributed by atoms with E-state index in [0.717, 1.165) is 10.9 Å². The number of rotatable bonds is 5. The minimum Gasteiger partial charge on any atom is -0.505 e. The van der Waals surface area contributed by atoms with Crippen LogP contribution in [0.25, 0.3) is 10.9 Å². The van der Waals surface area contributed by atoms with Crippen LogP contribution in [0, 0.1) is 10.1 Å². The van der Waals surface area contributed by atoms with Gasteiger partial charge in [0.05, 0.1) is 33.8 Å². The Morgan fingerprint density at radius 1 is 0.966 bits per heavy atom. The Balaban J connectivity index is 1.93. The molecular weight excluding hydrogens is 481 g/mol. The molecule has 0 aliphatic carbocycles. The van der Waals surface area contributed by atoms with Crippen LogP contribution in [0.15, 0.2) is 85.1 Å². The van der Waals surface area contributed by atoms with E-state index in [1.165, 1.54) is 6.07 Å². The summed E-state index contributed by atoms with van der Waals surface area (Å²) in [6, 6.07) is 23.2. The lowest BCUT2D eigenvalue weighted by Gasteiger charge is -2.29. The number of benzene rings is 3. The highest BCUT2D eigenvalue weighted by atomic mass is 127. The van der Waals surface area contributed by atoms with Crippen LogP contribution in [0.4, 0.5) is 11.4 Å². The number of phenolic OH excluding ortho intramolecular Hbond substituents is 1. The molecule has 4 aromatic rings. The summed E-state index contributed by atoms with van der Waals surface area (Å²) < 4.78 is 1.79. The van der Waals surface area contributed by atoms with Crippen LogP contribution >= 0.6 is 22.9 Å². The van der Waals surface area contributed by atoms with E-state index >= 15 is 0 Å². The van der Waals surface area contributed by atoms with Gasteiger partial charge in [0.1, 0.15) is 17.0 Å². The van der Waals surface area contributed by atoms with Gasteiger partial charge in [0.2, 0.25) is 0 Å². The van der Waals surface area contributed by atoms with E-state index in [1.54, 1.807) is 27.5 Å². The number of aromatic hydroxyl groups is 1. The number of anilines is 1. The van der Waals surface area contributed by atoms with Crippen molar-refractivity contribution in [1.29, 1.82) is 0 Å². The SMILES string of the molecule is O=[N+]([O-])c1ccccc1N(I)C(c1ccccc1)c1ccc2cccnc2c1O. The largest absolute Gasteiger partial charge is 0.505 e. The molecule has 1 N–H and O–H groups in total. The van der Waals surface area contributed by atoms with Gasteiger partial charge in [-0.05, 0) is 17.7 Å². The molecule has 1 heterocycles. The highest BCUT2D eigenvalue weighted by Gasteiger charge is 2.29. The van der Waals surface area contributed by atoms with Crippen LogP contribution in [0.1, 0.15) is 17.2 Å². The second-order valence-corrected chi connectivity index (χ2v) is 7.49. The minimum absolute atomic E-state index is 0.00114. The van der Waals surface area contributed by atoms with E-state index in [4.69, 9.17) is 0 Å². The first-order chi connectivity index (χ1) is 14.1. The van der Waals surface area contributed by atoms with Gasteiger partial charge in [-0.1, -0.05) is 60.7 Å². The van der Waals surface area contributed by atoms with Crippen molar-refractivity contribution < 1.29 is 10.0 Å². The number of fused-ring (bicyclic) bond motifs is 1. The molecule has 0 aliphatic rings. The Hall–Kier alpha value is -3.20. The molecule has 0 fully saturated rings. The average Bonchev–Trinajstić information content (AvgIpc) is 2.76. The van der Waals surface area contributed by atoms with Crippen molar-refractivity contribution in [3.05, 3.63) is 106 Å². The van der Waals surface area contributed by atoms with E-state index in [2.05, 4.69) is 27.8 Å². The molecule has 0 radical (unpaired) electrons. The van der Waals surface area contributed by atoms with Crippen molar-refractivity contribution in [3.63, 3.8) is 0 Å². The van der Waals surface area contributed by atoms with Gasteiger partial charge < -0.3 is 5.11 Å². The zero-order valence-corrected chi connectivity index (χ0v) is 17.3. The number of aromatic nitrogens is 1. The fourth-order valence-corrected chi connectivity index (χ4v) is 4.40. The summed E-state index contributed by atoms with van der Waals surface area (Å²) in [5.74, 6) is 0.0669. The molecule has 1 atom stereocenters. The van der Waals surface area contributed by atoms with Crippen LogP contribution in [0.3, 0.4) is 0 Å². The summed E-state index contributed by atoms with van der Waals surface area (Å²) in [7, 11) is 0. The van der Waals surface area contributed by atoms with E-state index < -0.39 is 11.0 Å². The predicted molar refractivity (Wildman–Crippen MR) is 121 cm³/mol. The highest BCUT2D eigenvalue weighted by Crippen LogP contribution is 2.44. The molecule has 1 unspecified atom stereocenters. The second-order valence-electron chi connectivity index (χ2n) is 6.45. The van der Waals surface area contributed by atoms with Gasteiger partial charge in [0, 0.05) is 23.2 Å². The van der Waals surface area contributed by atoms with Crippen LogP contribution in [-0.4, -0.2) is 15.0 Å². The van der Waals surface area contributed by atoms with Crippen LogP contribution < -0.4 is 3.11 Å². The van der Waals surface area contributed by atoms with Gasteiger partial charge in [-0.3, -0.25) is 18.2 Å². The molecule has 0 aliphatic heterocycles. The zero-order valence-electron chi connectivity index (χ0n) is 15.1. The molecule has 144 valence electrons. The Morgan fingerprint density at radius 3 is 2.45 bits per heavy atom. The maximum atomic E-state index is 11.6. The molecule has 4 rings (SSSR count). The monoisotopic (exact) mass is 497 g/mol. The van der Waals surface area contributed by atoms with E-state index in [9.17, 15) is 15.2 Å². The molecular formula is C22H16IN3O3. The Bertz CT molecular complexity index is 1180. The number of hydrogen-bond donors (Lipinski definition) is 1. The molecule has 3 aromatic carbocycles. The normalized spacial score (nSPS) is 11.9. The highest BCUT2D eigenvalue weighted by molar-refractivity contribution is 14.1. The molecule has 0 spiro atoms. The third kappa shape index (κ3) is 3.61. The molecule has 0 saturated carbocycles. The van der Waals surface area contributed by atoms with Crippen LogP contribution in [-0.2, 0) is 0 Å². The van der Waals surface area contributed by atoms with Gasteiger partial charge in [0.25, 0.3) is 5.69 Å². The third-order valence-electron chi connectivity index (χ3n) is 4.72. The number of nitro benzene ring substituents is 1. The maximum absolute atomic E-state index is 11.6. The van der Waals surface area contributed by atoms with Crippen molar-refractivity contribution >= 4 is 45.1 Å². The summed E-state index contributed by atoms with van der Waals surface area (Å²) >= 11 is 2.07. The zero-order chi connectivity index (χ0) is 20.4. The van der Waals surface area contributed by atoms with Crippen molar-refractivity contribution in [1.82, 2.24) is 4.98 Å². The number of para-hydroxylation sites is 2.